The number of hydrogen-bond donors (Lipinski definition) is 2. The fraction of sp³-hybridized carbons (Fsp3) is 0.500. The van der Waals surface area contributed by atoms with Gasteiger partial charge in [-0.05, 0) is 24.5 Å². The zero-order valence-corrected chi connectivity index (χ0v) is 12.1. The van der Waals surface area contributed by atoms with Crippen molar-refractivity contribution >= 4 is 21.4 Å². The summed E-state index contributed by atoms with van der Waals surface area (Å²) in [5.41, 5.74) is 0.0324. The highest BCUT2D eigenvalue weighted by atomic mass is 32.2. The van der Waals surface area contributed by atoms with Crippen LogP contribution in [0.4, 0.5) is 11.4 Å². The molecule has 8 heteroatoms. The highest BCUT2D eigenvalue weighted by Gasteiger charge is 2.38. The highest BCUT2D eigenvalue weighted by Crippen LogP contribution is 2.35. The molecule has 7 nitrogen and oxygen atoms in total. The van der Waals surface area contributed by atoms with Crippen LogP contribution in [-0.2, 0) is 10.0 Å². The summed E-state index contributed by atoms with van der Waals surface area (Å²) >= 11 is 0. The van der Waals surface area contributed by atoms with Gasteiger partial charge in [-0.25, -0.2) is 13.1 Å². The molecule has 1 aliphatic rings. The molecule has 2 atom stereocenters. The topological polar surface area (TPSA) is 101 Å². The summed E-state index contributed by atoms with van der Waals surface area (Å²) in [6.45, 7) is 2.01. The van der Waals surface area contributed by atoms with E-state index in [-0.39, 0.29) is 22.3 Å². The Labute approximate surface area is 117 Å². The number of rotatable bonds is 6. The van der Waals surface area contributed by atoms with Crippen molar-refractivity contribution in [2.24, 2.45) is 5.92 Å². The minimum atomic E-state index is -3.70. The number of nitrogens with one attached hydrogen (secondary N) is 2. The molecule has 1 aliphatic carbocycles. The molecule has 1 aromatic rings. The van der Waals surface area contributed by atoms with Crippen molar-refractivity contribution in [1.29, 1.82) is 0 Å². The molecular weight excluding hydrogens is 282 g/mol. The fourth-order valence-electron chi connectivity index (χ4n) is 2.15. The molecule has 110 valence electrons. The first kappa shape index (κ1) is 14.7. The van der Waals surface area contributed by atoms with E-state index in [2.05, 4.69) is 10.0 Å². The van der Waals surface area contributed by atoms with Gasteiger partial charge in [0, 0.05) is 19.2 Å². The van der Waals surface area contributed by atoms with Crippen LogP contribution in [0.15, 0.2) is 23.1 Å². The fourth-order valence-corrected chi connectivity index (χ4v) is 3.49. The van der Waals surface area contributed by atoms with Crippen molar-refractivity contribution < 1.29 is 13.3 Å². The molecule has 0 spiro atoms. The first-order chi connectivity index (χ1) is 9.39. The molecule has 0 saturated heterocycles. The van der Waals surface area contributed by atoms with Gasteiger partial charge in [0.05, 0.1) is 9.82 Å². The number of nitro groups is 1. The molecule has 2 rings (SSSR count). The lowest BCUT2D eigenvalue weighted by Gasteiger charge is -2.08. The van der Waals surface area contributed by atoms with E-state index < -0.39 is 14.9 Å². The Bertz CT molecular complexity index is 630. The molecule has 0 heterocycles. The predicted octanol–water partition coefficient (Wildman–Crippen LogP) is 1.71. The molecule has 20 heavy (non-hydrogen) atoms. The Morgan fingerprint density at radius 3 is 2.65 bits per heavy atom. The van der Waals surface area contributed by atoms with Crippen molar-refractivity contribution in [2.75, 3.05) is 12.4 Å². The van der Waals surface area contributed by atoms with Gasteiger partial charge in [-0.1, -0.05) is 13.3 Å². The van der Waals surface area contributed by atoms with E-state index >= 15 is 0 Å². The Hall–Kier alpha value is -1.67. The number of sulfonamides is 1. The molecule has 0 aliphatic heterocycles. The lowest BCUT2D eigenvalue weighted by molar-refractivity contribution is -0.384. The van der Waals surface area contributed by atoms with Crippen molar-refractivity contribution in [2.45, 2.75) is 30.7 Å². The summed E-state index contributed by atoms with van der Waals surface area (Å²) < 4.78 is 26.9. The summed E-state index contributed by atoms with van der Waals surface area (Å²) in [7, 11) is -2.16. The maximum Gasteiger partial charge on any atom is 0.293 e. The lowest BCUT2D eigenvalue weighted by atomic mass is 10.3. The van der Waals surface area contributed by atoms with E-state index in [1.165, 1.54) is 12.1 Å². The Morgan fingerprint density at radius 1 is 1.45 bits per heavy atom. The Balaban J connectivity index is 2.28. The van der Waals surface area contributed by atoms with Crippen LogP contribution in [0.2, 0.25) is 0 Å². The summed E-state index contributed by atoms with van der Waals surface area (Å²) in [5, 5.41) is 13.6. The van der Waals surface area contributed by atoms with E-state index in [0.29, 0.717) is 5.92 Å². The van der Waals surface area contributed by atoms with Gasteiger partial charge in [0.25, 0.3) is 5.69 Å². The zero-order valence-electron chi connectivity index (χ0n) is 11.3. The van der Waals surface area contributed by atoms with Crippen LogP contribution in [0, 0.1) is 16.0 Å². The number of anilines is 1. The van der Waals surface area contributed by atoms with Crippen LogP contribution in [-0.4, -0.2) is 26.4 Å². The average Bonchev–Trinajstić information content (AvgIpc) is 3.15. The largest absolute Gasteiger partial charge is 0.383 e. The molecule has 2 N–H and O–H groups in total. The van der Waals surface area contributed by atoms with Crippen molar-refractivity contribution in [3.63, 3.8) is 0 Å². The Morgan fingerprint density at radius 2 is 2.15 bits per heavy atom. The molecule has 0 aromatic heterocycles. The SMILES string of the molecule is CCC1CC1NS(=O)(=O)c1ccc(NC)c([N+](=O)[O-])c1. The van der Waals surface area contributed by atoms with Gasteiger partial charge >= 0.3 is 0 Å². The molecule has 1 aromatic carbocycles. The van der Waals surface area contributed by atoms with Gasteiger partial charge in [0.15, 0.2) is 0 Å². The van der Waals surface area contributed by atoms with E-state index in [0.717, 1.165) is 18.9 Å². The molecule has 0 radical (unpaired) electrons. The zero-order chi connectivity index (χ0) is 14.9. The van der Waals surface area contributed by atoms with Gasteiger partial charge in [-0.3, -0.25) is 10.1 Å². The number of hydrogen-bond acceptors (Lipinski definition) is 5. The van der Waals surface area contributed by atoms with E-state index in [9.17, 15) is 18.5 Å². The third-order valence-electron chi connectivity index (χ3n) is 3.50. The molecule has 1 saturated carbocycles. The number of nitro benzene ring substituents is 1. The lowest BCUT2D eigenvalue weighted by Crippen LogP contribution is -2.27. The molecule has 1 fully saturated rings. The van der Waals surface area contributed by atoms with Crippen molar-refractivity contribution in [1.82, 2.24) is 4.72 Å². The molecular formula is C12H17N3O4S. The minimum absolute atomic E-state index is 0.0481. The summed E-state index contributed by atoms with van der Waals surface area (Å²) in [4.78, 5) is 10.3. The average molecular weight is 299 g/mol. The second-order valence-corrected chi connectivity index (χ2v) is 6.53. The van der Waals surface area contributed by atoms with Gasteiger partial charge in [-0.2, -0.15) is 0 Å². The quantitative estimate of drug-likeness (QED) is 0.615. The third kappa shape index (κ3) is 2.91. The van der Waals surface area contributed by atoms with Crippen LogP contribution in [0.3, 0.4) is 0 Å². The molecule has 0 amide bonds. The second kappa shape index (κ2) is 5.37. The third-order valence-corrected chi connectivity index (χ3v) is 4.99. The van der Waals surface area contributed by atoms with Crippen molar-refractivity contribution in [3.8, 4) is 0 Å². The van der Waals surface area contributed by atoms with Crippen LogP contribution in [0.1, 0.15) is 19.8 Å². The maximum atomic E-state index is 12.2. The van der Waals surface area contributed by atoms with E-state index in [4.69, 9.17) is 0 Å². The van der Waals surface area contributed by atoms with Gasteiger partial charge in [0.1, 0.15) is 5.69 Å². The summed E-state index contributed by atoms with van der Waals surface area (Å²) in [6, 6.07) is 3.80. The first-order valence-corrected chi connectivity index (χ1v) is 7.86. The predicted molar refractivity (Wildman–Crippen MR) is 75.2 cm³/mol. The van der Waals surface area contributed by atoms with E-state index in [1.54, 1.807) is 7.05 Å². The monoisotopic (exact) mass is 299 g/mol. The van der Waals surface area contributed by atoms with Gasteiger partial charge in [0.2, 0.25) is 10.0 Å². The van der Waals surface area contributed by atoms with Gasteiger partial charge < -0.3 is 5.32 Å². The van der Waals surface area contributed by atoms with E-state index in [1.807, 2.05) is 6.92 Å². The summed E-state index contributed by atoms with van der Waals surface area (Å²) in [6.07, 6.45) is 1.75. The maximum absolute atomic E-state index is 12.2. The van der Waals surface area contributed by atoms with Crippen LogP contribution < -0.4 is 10.0 Å². The Kier molecular flexibility index (Phi) is 3.96. The summed E-state index contributed by atoms with van der Waals surface area (Å²) in [5.74, 6) is 0.372. The molecule has 0 bridgehead atoms. The molecule has 2 unspecified atom stereocenters. The highest BCUT2D eigenvalue weighted by molar-refractivity contribution is 7.89. The number of nitrogens with zero attached hydrogens (tertiary/aromatic N) is 1. The van der Waals surface area contributed by atoms with Crippen LogP contribution >= 0.6 is 0 Å². The first-order valence-electron chi connectivity index (χ1n) is 6.37. The minimum Gasteiger partial charge on any atom is -0.383 e. The smallest absolute Gasteiger partial charge is 0.293 e. The number of benzene rings is 1. The van der Waals surface area contributed by atoms with Crippen LogP contribution in [0.5, 0.6) is 0 Å². The second-order valence-electron chi connectivity index (χ2n) is 4.82. The van der Waals surface area contributed by atoms with Crippen molar-refractivity contribution in [3.05, 3.63) is 28.3 Å². The van der Waals surface area contributed by atoms with Crippen LogP contribution in [0.25, 0.3) is 0 Å². The van der Waals surface area contributed by atoms with Gasteiger partial charge in [-0.15, -0.1) is 0 Å². The normalized spacial score (nSPS) is 21.5. The standard InChI is InChI=1S/C12H17N3O4S/c1-3-8-6-11(8)14-20(18,19)9-4-5-10(13-2)12(7-9)15(16)17/h4-5,7-8,11,13-14H,3,6H2,1-2H3.